The molecule has 10 nitrogen and oxygen atoms in total. The first-order valence-corrected chi connectivity index (χ1v) is 15.8. The van der Waals surface area contributed by atoms with E-state index >= 15 is 0 Å². The van der Waals surface area contributed by atoms with Gasteiger partial charge in [-0.15, -0.1) is 0 Å². The monoisotopic (exact) mass is 581 g/mol. The zero-order valence-electron chi connectivity index (χ0n) is 25.0. The van der Waals surface area contributed by atoms with Crippen molar-refractivity contribution in [3.8, 4) is 17.3 Å². The van der Waals surface area contributed by atoms with Crippen LogP contribution in [-0.2, 0) is 11.3 Å². The maximum atomic E-state index is 13.8. The first-order valence-electron chi connectivity index (χ1n) is 15.8. The number of nitrogens with one attached hydrogen (secondary N) is 1. The Balaban J connectivity index is 1.20. The SMILES string of the molecule is COc1cc(C(=O)N2[C@H]3CC[C@@H]2[C@H](N)C3)cc2nc(-c3cc4ccc([C@@H](C)NC(=O)C5CC5)nc4n3CC3CC3)c(C)n12. The summed E-state index contributed by atoms with van der Waals surface area (Å²) < 4.78 is 10.1. The minimum absolute atomic E-state index is 0.00549. The molecule has 2 aliphatic heterocycles. The van der Waals surface area contributed by atoms with E-state index in [0.717, 1.165) is 72.5 Å². The number of hydrogen-bond donors (Lipinski definition) is 2. The summed E-state index contributed by atoms with van der Waals surface area (Å²) in [7, 11) is 1.64. The molecule has 2 saturated carbocycles. The van der Waals surface area contributed by atoms with Crippen LogP contribution in [0.2, 0.25) is 0 Å². The maximum absolute atomic E-state index is 13.8. The smallest absolute Gasteiger partial charge is 0.254 e. The number of aryl methyl sites for hydroxylation is 1. The topological polar surface area (TPSA) is 120 Å². The first-order chi connectivity index (χ1) is 20.8. The zero-order chi connectivity index (χ0) is 29.6. The zero-order valence-corrected chi connectivity index (χ0v) is 25.0. The van der Waals surface area contributed by atoms with Crippen molar-refractivity contribution < 1.29 is 14.3 Å². The lowest BCUT2D eigenvalue weighted by atomic mass is 9.97. The number of methoxy groups -OCH3 is 1. The molecule has 4 atom stereocenters. The number of amides is 2. The van der Waals surface area contributed by atoms with Gasteiger partial charge in [-0.25, -0.2) is 9.97 Å². The van der Waals surface area contributed by atoms with Gasteiger partial charge in [-0.3, -0.25) is 14.0 Å². The molecule has 4 fully saturated rings. The van der Waals surface area contributed by atoms with E-state index in [2.05, 4.69) is 22.0 Å². The Morgan fingerprint density at radius 1 is 1.09 bits per heavy atom. The number of pyridine rings is 2. The van der Waals surface area contributed by atoms with Crippen LogP contribution in [0.15, 0.2) is 30.3 Å². The molecule has 8 rings (SSSR count). The summed E-state index contributed by atoms with van der Waals surface area (Å²) in [5.74, 6) is 1.48. The van der Waals surface area contributed by atoms with Crippen LogP contribution in [0.5, 0.6) is 5.88 Å². The highest BCUT2D eigenvalue weighted by molar-refractivity contribution is 5.97. The van der Waals surface area contributed by atoms with Gasteiger partial charge in [0.25, 0.3) is 5.91 Å². The van der Waals surface area contributed by atoms with E-state index in [-0.39, 0.29) is 41.9 Å². The van der Waals surface area contributed by atoms with Gasteiger partial charge in [0.2, 0.25) is 5.91 Å². The number of imidazole rings is 1. The Morgan fingerprint density at radius 3 is 2.58 bits per heavy atom. The molecule has 0 unspecified atom stereocenters. The molecule has 224 valence electrons. The number of carbonyl (C=O) groups excluding carboxylic acids is 2. The van der Waals surface area contributed by atoms with Crippen LogP contribution in [0.3, 0.4) is 0 Å². The lowest BCUT2D eigenvalue weighted by molar-refractivity contribution is -0.122. The molecule has 4 aliphatic rings. The van der Waals surface area contributed by atoms with Gasteiger partial charge in [0.05, 0.1) is 30.2 Å². The van der Waals surface area contributed by atoms with Crippen LogP contribution in [0.4, 0.5) is 0 Å². The maximum Gasteiger partial charge on any atom is 0.254 e. The third kappa shape index (κ3) is 4.41. The van der Waals surface area contributed by atoms with Crippen molar-refractivity contribution >= 4 is 28.5 Å². The highest BCUT2D eigenvalue weighted by atomic mass is 16.5. The number of aromatic nitrogens is 4. The van der Waals surface area contributed by atoms with Crippen molar-refractivity contribution in [2.45, 2.75) is 89.5 Å². The Kier molecular flexibility index (Phi) is 6.08. The van der Waals surface area contributed by atoms with Crippen molar-refractivity contribution in [3.63, 3.8) is 0 Å². The molecular formula is C33H39N7O3. The number of fused-ring (bicyclic) bond motifs is 4. The summed E-state index contributed by atoms with van der Waals surface area (Å²) >= 11 is 0. The molecule has 0 radical (unpaired) electrons. The fraction of sp³-hybridized carbons (Fsp3) is 0.515. The van der Waals surface area contributed by atoms with Crippen LogP contribution >= 0.6 is 0 Å². The minimum atomic E-state index is -0.164. The van der Waals surface area contributed by atoms with Gasteiger partial charge in [-0.1, -0.05) is 0 Å². The predicted octanol–water partition coefficient (Wildman–Crippen LogP) is 4.37. The van der Waals surface area contributed by atoms with E-state index in [4.69, 9.17) is 20.4 Å². The van der Waals surface area contributed by atoms with Gasteiger partial charge in [-0.2, -0.15) is 0 Å². The molecule has 4 aromatic rings. The molecule has 0 aromatic carbocycles. The van der Waals surface area contributed by atoms with Gasteiger partial charge < -0.3 is 25.3 Å². The number of rotatable bonds is 8. The predicted molar refractivity (Wildman–Crippen MR) is 163 cm³/mol. The fourth-order valence-electron chi connectivity index (χ4n) is 7.37. The Hall–Kier alpha value is -3.92. The lowest BCUT2D eigenvalue weighted by Crippen LogP contribution is -2.40. The standard InChI is InChI=1S/C33H39N7O3/c1-17(35-32(41)20-6-7-20)25-10-8-21-12-27(38(31(21)36-25)16-19-4-5-19)30-18(2)39-28(37-30)13-22(14-29(39)43-3)33(42)40-23-9-11-26(40)24(34)15-23/h8,10,12-14,17,19-20,23-24,26H,4-7,9,11,15-16,34H2,1-3H3,(H,35,41)/t17-,23+,24-,26-/m1/s1. The van der Waals surface area contributed by atoms with E-state index in [0.29, 0.717) is 23.0 Å². The summed E-state index contributed by atoms with van der Waals surface area (Å²) in [6.07, 6.45) is 7.22. The van der Waals surface area contributed by atoms with Gasteiger partial charge >= 0.3 is 0 Å². The molecule has 43 heavy (non-hydrogen) atoms. The number of hydrogen-bond acceptors (Lipinski definition) is 6. The molecule has 4 aromatic heterocycles. The van der Waals surface area contributed by atoms with Crippen LogP contribution in [0, 0.1) is 18.8 Å². The van der Waals surface area contributed by atoms with Crippen LogP contribution in [-0.4, -0.2) is 60.9 Å². The van der Waals surface area contributed by atoms with E-state index in [1.165, 1.54) is 12.8 Å². The Labute approximate surface area is 250 Å². The van der Waals surface area contributed by atoms with Crippen LogP contribution in [0.25, 0.3) is 28.1 Å². The molecule has 2 aliphatic carbocycles. The van der Waals surface area contributed by atoms with Gasteiger partial charge in [0.15, 0.2) is 5.88 Å². The quantitative estimate of drug-likeness (QED) is 0.319. The van der Waals surface area contributed by atoms with Gasteiger partial charge in [0.1, 0.15) is 17.0 Å². The molecule has 6 heterocycles. The lowest BCUT2D eigenvalue weighted by Gasteiger charge is -2.23. The fourth-order valence-corrected chi connectivity index (χ4v) is 7.37. The first kappa shape index (κ1) is 26.7. The van der Waals surface area contributed by atoms with E-state index < -0.39 is 0 Å². The summed E-state index contributed by atoms with van der Waals surface area (Å²) in [5.41, 5.74) is 12.2. The number of ether oxygens (including phenoxy) is 1. The molecule has 2 amide bonds. The average molecular weight is 582 g/mol. The number of nitrogens with zero attached hydrogens (tertiary/aromatic N) is 5. The molecule has 2 bridgehead atoms. The second-order valence-electron chi connectivity index (χ2n) is 13.2. The molecule has 0 spiro atoms. The second kappa shape index (κ2) is 9.80. The largest absolute Gasteiger partial charge is 0.482 e. The average Bonchev–Trinajstić information content (AvgIpc) is 3.90. The molecule has 2 saturated heterocycles. The second-order valence-corrected chi connectivity index (χ2v) is 13.2. The molecular weight excluding hydrogens is 542 g/mol. The number of nitrogens with two attached hydrogens (primary N) is 1. The molecule has 10 heteroatoms. The van der Waals surface area contributed by atoms with Crippen molar-refractivity contribution in [1.82, 2.24) is 29.2 Å². The van der Waals surface area contributed by atoms with Crippen LogP contribution in [0.1, 0.15) is 79.7 Å². The summed E-state index contributed by atoms with van der Waals surface area (Å²) in [5, 5.41) is 4.18. The Morgan fingerprint density at radius 2 is 1.91 bits per heavy atom. The van der Waals surface area contributed by atoms with Crippen LogP contribution < -0.4 is 15.8 Å². The number of carbonyl (C=O) groups is 2. The summed E-state index contributed by atoms with van der Waals surface area (Å²) in [4.78, 5) is 38.4. The summed E-state index contributed by atoms with van der Waals surface area (Å²) in [6.45, 7) is 4.92. The van der Waals surface area contributed by atoms with Gasteiger partial charge in [-0.05, 0) is 89.0 Å². The van der Waals surface area contributed by atoms with Crippen molar-refractivity contribution in [1.29, 1.82) is 0 Å². The van der Waals surface area contributed by atoms with Crippen molar-refractivity contribution in [2.24, 2.45) is 17.6 Å². The third-order valence-electron chi connectivity index (χ3n) is 10.1. The van der Waals surface area contributed by atoms with E-state index in [1.54, 1.807) is 7.11 Å². The Bertz CT molecular complexity index is 1780. The van der Waals surface area contributed by atoms with Crippen molar-refractivity contribution in [2.75, 3.05) is 7.11 Å². The van der Waals surface area contributed by atoms with E-state index in [9.17, 15) is 9.59 Å². The highest BCUT2D eigenvalue weighted by Gasteiger charge is 2.47. The van der Waals surface area contributed by atoms with Gasteiger partial charge in [0, 0.05) is 47.6 Å². The van der Waals surface area contributed by atoms with Crippen molar-refractivity contribution in [3.05, 3.63) is 47.3 Å². The normalized spacial score (nSPS) is 23.8. The minimum Gasteiger partial charge on any atom is -0.482 e. The van der Waals surface area contributed by atoms with E-state index in [1.807, 2.05) is 41.3 Å². The third-order valence-corrected chi connectivity index (χ3v) is 10.1. The molecule has 3 N–H and O–H groups in total. The summed E-state index contributed by atoms with van der Waals surface area (Å²) in [6, 6.07) is 10.2. The highest BCUT2D eigenvalue weighted by Crippen LogP contribution is 2.40.